The first-order valence-electron chi connectivity index (χ1n) is 13.4. The van der Waals surface area contributed by atoms with Crippen LogP contribution in [0.25, 0.3) is 0 Å². The quantitative estimate of drug-likeness (QED) is 0.554. The highest BCUT2D eigenvalue weighted by Crippen LogP contribution is 2.42. The number of carbonyl (C=O) groups excluding carboxylic acids is 1. The number of hydrogen-bond acceptors (Lipinski definition) is 4. The van der Waals surface area contributed by atoms with Crippen molar-refractivity contribution >= 4 is 12.0 Å². The van der Waals surface area contributed by atoms with E-state index in [2.05, 4.69) is 0 Å². The van der Waals surface area contributed by atoms with E-state index in [4.69, 9.17) is 4.74 Å². The van der Waals surface area contributed by atoms with Gasteiger partial charge in [-0.15, -0.1) is 0 Å². The lowest BCUT2D eigenvalue weighted by Crippen LogP contribution is -2.62. The van der Waals surface area contributed by atoms with Crippen molar-refractivity contribution in [2.75, 3.05) is 19.6 Å². The summed E-state index contributed by atoms with van der Waals surface area (Å²) in [5, 5.41) is 21.5. The molecule has 2 amide bonds. The van der Waals surface area contributed by atoms with Crippen molar-refractivity contribution in [3.63, 3.8) is 0 Å². The topological polar surface area (TPSA) is 90.3 Å². The van der Waals surface area contributed by atoms with Crippen molar-refractivity contribution in [3.8, 4) is 5.75 Å². The highest BCUT2D eigenvalue weighted by molar-refractivity contribution is 5.85. The van der Waals surface area contributed by atoms with Crippen LogP contribution in [0.1, 0.15) is 69.9 Å². The van der Waals surface area contributed by atoms with Crippen LogP contribution in [-0.2, 0) is 11.4 Å². The highest BCUT2D eigenvalue weighted by Gasteiger charge is 2.47. The molecule has 2 unspecified atom stereocenters. The van der Waals surface area contributed by atoms with Gasteiger partial charge < -0.3 is 24.7 Å². The van der Waals surface area contributed by atoms with Gasteiger partial charge in [0.1, 0.15) is 12.4 Å². The van der Waals surface area contributed by atoms with Crippen molar-refractivity contribution < 1.29 is 24.5 Å². The number of rotatable bonds is 6. The fraction of sp³-hybridized carbons (Fsp3) is 0.533. The monoisotopic (exact) mass is 508 g/mol. The Kier molecular flexibility index (Phi) is 8.12. The molecule has 2 atom stereocenters. The zero-order valence-corrected chi connectivity index (χ0v) is 22.2. The summed E-state index contributed by atoms with van der Waals surface area (Å²) in [5.41, 5.74) is 0.398. The van der Waals surface area contributed by atoms with Crippen LogP contribution in [0.15, 0.2) is 54.6 Å². The third-order valence-electron chi connectivity index (χ3n) is 7.90. The molecule has 2 aliphatic rings. The number of carboxylic acid groups (broad SMARTS) is 1. The summed E-state index contributed by atoms with van der Waals surface area (Å²) in [6, 6.07) is 17.1. The Morgan fingerprint density at radius 3 is 2.24 bits per heavy atom. The number of benzene rings is 2. The molecule has 7 heteroatoms. The Hall–Kier alpha value is -3.06. The van der Waals surface area contributed by atoms with Crippen LogP contribution >= 0.6 is 0 Å². The van der Waals surface area contributed by atoms with Gasteiger partial charge in [0.25, 0.3) is 0 Å². The number of piperazine rings is 1. The van der Waals surface area contributed by atoms with E-state index in [-0.39, 0.29) is 23.9 Å². The van der Waals surface area contributed by atoms with E-state index in [1.807, 2.05) is 75.4 Å². The van der Waals surface area contributed by atoms with E-state index in [1.54, 1.807) is 4.90 Å². The van der Waals surface area contributed by atoms with Gasteiger partial charge in [0.2, 0.25) is 5.91 Å². The molecule has 2 aromatic carbocycles. The summed E-state index contributed by atoms with van der Waals surface area (Å²) >= 11 is 0. The number of ether oxygens (including phenoxy) is 1. The highest BCUT2D eigenvalue weighted by atomic mass is 16.5. The molecule has 200 valence electrons. The average molecular weight is 509 g/mol. The fourth-order valence-corrected chi connectivity index (χ4v) is 5.77. The van der Waals surface area contributed by atoms with Crippen LogP contribution < -0.4 is 4.74 Å². The molecule has 0 radical (unpaired) electrons. The normalized spacial score (nSPS) is 20.8. The van der Waals surface area contributed by atoms with Crippen LogP contribution in [0.2, 0.25) is 0 Å². The molecule has 7 nitrogen and oxygen atoms in total. The Morgan fingerprint density at radius 1 is 1.00 bits per heavy atom. The minimum Gasteiger partial charge on any atom is -0.489 e. The number of hydrogen-bond donors (Lipinski definition) is 2. The van der Waals surface area contributed by atoms with Gasteiger partial charge in [0.05, 0.1) is 17.6 Å². The lowest BCUT2D eigenvalue weighted by molar-refractivity contribution is -0.145. The second-order valence-corrected chi connectivity index (χ2v) is 11.6. The molecular formula is C30H40N2O5. The number of nitrogens with zero attached hydrogens (tertiary/aromatic N) is 2. The molecule has 0 aromatic heterocycles. The standard InChI is InChI=1S/C30H40N2O5/c1-29(2,3)25-20-31(18-19-32(25)28(34)35)27(33)26(30(36)16-8-5-9-17-30)23-12-14-24(15-13-23)37-21-22-10-6-4-7-11-22/h4,6-7,10-15,25-26,36H,5,8-9,16-21H2,1-3H3,(H,34,35). The maximum atomic E-state index is 14.1. The van der Waals surface area contributed by atoms with Crippen molar-refractivity contribution in [2.24, 2.45) is 5.41 Å². The maximum Gasteiger partial charge on any atom is 0.407 e. The summed E-state index contributed by atoms with van der Waals surface area (Å²) in [5.74, 6) is -0.119. The number of aliphatic hydroxyl groups is 1. The van der Waals surface area contributed by atoms with Gasteiger partial charge in [0.15, 0.2) is 0 Å². The second-order valence-electron chi connectivity index (χ2n) is 11.6. The van der Waals surface area contributed by atoms with Crippen molar-refractivity contribution in [3.05, 3.63) is 65.7 Å². The van der Waals surface area contributed by atoms with E-state index >= 15 is 0 Å². The zero-order valence-electron chi connectivity index (χ0n) is 22.2. The molecule has 37 heavy (non-hydrogen) atoms. The van der Waals surface area contributed by atoms with Crippen molar-refractivity contribution in [1.29, 1.82) is 0 Å². The van der Waals surface area contributed by atoms with Gasteiger partial charge in [-0.1, -0.05) is 82.5 Å². The Labute approximate surface area is 220 Å². The smallest absolute Gasteiger partial charge is 0.407 e. The van der Waals surface area contributed by atoms with Gasteiger partial charge >= 0.3 is 6.09 Å². The summed E-state index contributed by atoms with van der Waals surface area (Å²) in [6.07, 6.45) is 3.02. The Bertz CT molecular complexity index is 1060. The lowest BCUT2D eigenvalue weighted by Gasteiger charge is -2.48. The van der Waals surface area contributed by atoms with Crippen LogP contribution in [0.5, 0.6) is 5.75 Å². The van der Waals surface area contributed by atoms with Crippen LogP contribution in [-0.4, -0.2) is 63.3 Å². The third-order valence-corrected chi connectivity index (χ3v) is 7.90. The second kappa shape index (κ2) is 11.1. The Balaban J connectivity index is 1.57. The lowest BCUT2D eigenvalue weighted by atomic mass is 9.72. The van der Waals surface area contributed by atoms with E-state index < -0.39 is 17.6 Å². The molecule has 0 spiro atoms. The molecule has 0 bridgehead atoms. The molecule has 4 rings (SSSR count). The SMILES string of the molecule is CC(C)(C)C1CN(C(=O)C(c2ccc(OCc3ccccc3)cc2)C2(O)CCCCC2)CCN1C(=O)O. The molecule has 2 fully saturated rings. The Morgan fingerprint density at radius 2 is 1.65 bits per heavy atom. The zero-order chi connectivity index (χ0) is 26.6. The molecule has 1 heterocycles. The van der Waals surface area contributed by atoms with Gasteiger partial charge in [-0.3, -0.25) is 4.79 Å². The number of carbonyl (C=O) groups is 2. The summed E-state index contributed by atoms with van der Waals surface area (Å²) in [6.45, 7) is 7.36. The minimum absolute atomic E-state index is 0.123. The third kappa shape index (κ3) is 6.27. The van der Waals surface area contributed by atoms with Gasteiger partial charge in [-0.05, 0) is 41.5 Å². The number of amides is 2. The first-order valence-corrected chi connectivity index (χ1v) is 13.4. The van der Waals surface area contributed by atoms with Crippen LogP contribution in [0.4, 0.5) is 4.79 Å². The van der Waals surface area contributed by atoms with E-state index in [0.717, 1.165) is 30.4 Å². The van der Waals surface area contributed by atoms with Crippen LogP contribution in [0.3, 0.4) is 0 Å². The maximum absolute atomic E-state index is 14.1. The summed E-state index contributed by atoms with van der Waals surface area (Å²) in [4.78, 5) is 29.2. The predicted molar refractivity (Wildman–Crippen MR) is 143 cm³/mol. The van der Waals surface area contributed by atoms with E-state index in [9.17, 15) is 19.8 Å². The van der Waals surface area contributed by atoms with Gasteiger partial charge in [-0.25, -0.2) is 4.79 Å². The molecule has 2 aromatic rings. The molecule has 1 saturated heterocycles. The average Bonchev–Trinajstić information content (AvgIpc) is 2.88. The molecule has 1 saturated carbocycles. The van der Waals surface area contributed by atoms with Crippen molar-refractivity contribution in [1.82, 2.24) is 9.80 Å². The minimum atomic E-state index is -1.12. The predicted octanol–water partition coefficient (Wildman–Crippen LogP) is 5.28. The summed E-state index contributed by atoms with van der Waals surface area (Å²) < 4.78 is 5.94. The fourth-order valence-electron chi connectivity index (χ4n) is 5.77. The van der Waals surface area contributed by atoms with E-state index in [1.165, 1.54) is 4.90 Å². The molecule has 1 aliphatic carbocycles. The molecule has 1 aliphatic heterocycles. The van der Waals surface area contributed by atoms with Gasteiger partial charge in [0, 0.05) is 19.6 Å². The van der Waals surface area contributed by atoms with Gasteiger partial charge in [-0.2, -0.15) is 0 Å². The van der Waals surface area contributed by atoms with E-state index in [0.29, 0.717) is 38.3 Å². The van der Waals surface area contributed by atoms with Crippen molar-refractivity contribution in [2.45, 2.75) is 77.0 Å². The molecular weight excluding hydrogens is 468 g/mol. The summed E-state index contributed by atoms with van der Waals surface area (Å²) in [7, 11) is 0. The largest absolute Gasteiger partial charge is 0.489 e. The first-order chi connectivity index (χ1) is 17.6. The van der Waals surface area contributed by atoms with Crippen LogP contribution in [0, 0.1) is 5.41 Å². The first kappa shape index (κ1) is 27.0. The molecule has 2 N–H and O–H groups in total.